The lowest BCUT2D eigenvalue weighted by Crippen LogP contribution is -2.25. The Kier molecular flexibility index (Phi) is 3.09. The standard InChI is InChI=1S/C13H14N4O3/c1-7-11(20-8-3-2-4-8)5-10(17-16-7)9-6-14-13(19)15-12(9)18/h5-6,8H,2-4H2,1H3,(H2,14,15,18,19). The molecule has 20 heavy (non-hydrogen) atoms. The quantitative estimate of drug-likeness (QED) is 0.860. The van der Waals surface area contributed by atoms with Gasteiger partial charge in [0, 0.05) is 12.3 Å². The number of H-pyrrole nitrogens is 2. The van der Waals surface area contributed by atoms with Crippen molar-refractivity contribution in [3.63, 3.8) is 0 Å². The van der Waals surface area contributed by atoms with Gasteiger partial charge in [0.15, 0.2) is 0 Å². The van der Waals surface area contributed by atoms with Crippen LogP contribution in [0.1, 0.15) is 25.0 Å². The third-order valence-corrected chi connectivity index (χ3v) is 3.37. The van der Waals surface area contributed by atoms with Gasteiger partial charge in [-0.1, -0.05) is 0 Å². The summed E-state index contributed by atoms with van der Waals surface area (Å²) in [6.45, 7) is 1.81. The van der Waals surface area contributed by atoms with E-state index in [1.165, 1.54) is 12.6 Å². The van der Waals surface area contributed by atoms with Gasteiger partial charge in [-0.2, -0.15) is 5.10 Å². The minimum absolute atomic E-state index is 0.222. The molecule has 2 N–H and O–H groups in total. The highest BCUT2D eigenvalue weighted by atomic mass is 16.5. The molecule has 0 bridgehead atoms. The van der Waals surface area contributed by atoms with Gasteiger partial charge in [-0.05, 0) is 26.2 Å². The van der Waals surface area contributed by atoms with Gasteiger partial charge in [0.05, 0.1) is 11.7 Å². The fourth-order valence-corrected chi connectivity index (χ4v) is 1.95. The molecule has 0 unspecified atom stereocenters. The molecule has 2 aromatic rings. The van der Waals surface area contributed by atoms with Gasteiger partial charge < -0.3 is 9.72 Å². The lowest BCUT2D eigenvalue weighted by molar-refractivity contribution is 0.118. The van der Waals surface area contributed by atoms with E-state index in [0.29, 0.717) is 17.1 Å². The highest BCUT2D eigenvalue weighted by molar-refractivity contribution is 5.58. The van der Waals surface area contributed by atoms with Gasteiger partial charge in [0.2, 0.25) is 0 Å². The van der Waals surface area contributed by atoms with E-state index < -0.39 is 11.2 Å². The van der Waals surface area contributed by atoms with Crippen molar-refractivity contribution in [2.24, 2.45) is 0 Å². The predicted molar refractivity (Wildman–Crippen MR) is 71.7 cm³/mol. The smallest absolute Gasteiger partial charge is 0.325 e. The number of aromatic nitrogens is 4. The molecule has 2 heterocycles. The summed E-state index contributed by atoms with van der Waals surface area (Å²) in [6, 6.07) is 1.68. The van der Waals surface area contributed by atoms with Crippen molar-refractivity contribution in [3.8, 4) is 17.0 Å². The van der Waals surface area contributed by atoms with Gasteiger partial charge in [0.25, 0.3) is 5.56 Å². The van der Waals surface area contributed by atoms with Crippen LogP contribution in [0.2, 0.25) is 0 Å². The highest BCUT2D eigenvalue weighted by Gasteiger charge is 2.21. The molecule has 7 heteroatoms. The molecule has 0 amide bonds. The fourth-order valence-electron chi connectivity index (χ4n) is 1.95. The van der Waals surface area contributed by atoms with Crippen LogP contribution in [0.5, 0.6) is 5.75 Å². The van der Waals surface area contributed by atoms with Gasteiger partial charge in [-0.3, -0.25) is 9.78 Å². The second kappa shape index (κ2) is 4.92. The number of aryl methyl sites for hydroxylation is 1. The molecular formula is C13H14N4O3. The first kappa shape index (κ1) is 12.6. The number of hydrogen-bond donors (Lipinski definition) is 2. The van der Waals surface area contributed by atoms with E-state index in [4.69, 9.17) is 4.74 Å². The Morgan fingerprint density at radius 3 is 2.75 bits per heavy atom. The van der Waals surface area contributed by atoms with Crippen molar-refractivity contribution in [1.29, 1.82) is 0 Å². The zero-order chi connectivity index (χ0) is 14.1. The number of hydrogen-bond acceptors (Lipinski definition) is 5. The average molecular weight is 274 g/mol. The number of nitrogens with one attached hydrogen (secondary N) is 2. The second-order valence-electron chi connectivity index (χ2n) is 4.84. The molecule has 0 aliphatic heterocycles. The molecule has 1 fully saturated rings. The first-order chi connectivity index (χ1) is 9.63. The Bertz CT molecular complexity index is 746. The zero-order valence-corrected chi connectivity index (χ0v) is 11.0. The van der Waals surface area contributed by atoms with Crippen LogP contribution in [0.4, 0.5) is 0 Å². The summed E-state index contributed by atoms with van der Waals surface area (Å²) in [4.78, 5) is 27.3. The summed E-state index contributed by atoms with van der Waals surface area (Å²) >= 11 is 0. The number of rotatable bonds is 3. The summed E-state index contributed by atoms with van der Waals surface area (Å²) in [7, 11) is 0. The SMILES string of the molecule is Cc1nnc(-c2c[nH]c(=O)[nH]c2=O)cc1OC1CCC1. The highest BCUT2D eigenvalue weighted by Crippen LogP contribution is 2.28. The number of nitrogens with zero attached hydrogens (tertiary/aromatic N) is 2. The lowest BCUT2D eigenvalue weighted by Gasteiger charge is -2.26. The van der Waals surface area contributed by atoms with Crippen molar-refractivity contribution in [2.45, 2.75) is 32.3 Å². The van der Waals surface area contributed by atoms with Gasteiger partial charge in [0.1, 0.15) is 17.1 Å². The van der Waals surface area contributed by atoms with Gasteiger partial charge in [-0.25, -0.2) is 4.79 Å². The van der Waals surface area contributed by atoms with E-state index in [-0.39, 0.29) is 11.7 Å². The maximum absolute atomic E-state index is 11.7. The second-order valence-corrected chi connectivity index (χ2v) is 4.84. The van der Waals surface area contributed by atoms with Gasteiger partial charge >= 0.3 is 5.69 Å². The van der Waals surface area contributed by atoms with Crippen molar-refractivity contribution in [3.05, 3.63) is 38.8 Å². The number of ether oxygens (including phenoxy) is 1. The maximum atomic E-state index is 11.7. The normalized spacial score (nSPS) is 14.8. The summed E-state index contributed by atoms with van der Waals surface area (Å²) in [5.74, 6) is 0.630. The van der Waals surface area contributed by atoms with E-state index in [0.717, 1.165) is 12.8 Å². The van der Waals surface area contributed by atoms with E-state index in [2.05, 4.69) is 20.2 Å². The third-order valence-electron chi connectivity index (χ3n) is 3.37. The zero-order valence-electron chi connectivity index (χ0n) is 11.0. The molecule has 0 atom stereocenters. The summed E-state index contributed by atoms with van der Waals surface area (Å²) in [6.07, 6.45) is 4.80. The molecule has 0 radical (unpaired) electrons. The lowest BCUT2D eigenvalue weighted by atomic mass is 9.96. The Morgan fingerprint density at radius 1 is 1.30 bits per heavy atom. The summed E-state index contributed by atoms with van der Waals surface area (Å²) < 4.78 is 5.82. The molecule has 7 nitrogen and oxygen atoms in total. The molecule has 0 saturated heterocycles. The third kappa shape index (κ3) is 2.34. The molecule has 0 spiro atoms. The first-order valence-corrected chi connectivity index (χ1v) is 6.47. The van der Waals surface area contributed by atoms with E-state index in [1.807, 2.05) is 6.92 Å². The molecule has 104 valence electrons. The molecule has 1 saturated carbocycles. The van der Waals surface area contributed by atoms with Crippen LogP contribution >= 0.6 is 0 Å². The van der Waals surface area contributed by atoms with Crippen molar-refractivity contribution in [2.75, 3.05) is 0 Å². The van der Waals surface area contributed by atoms with Crippen LogP contribution < -0.4 is 16.0 Å². The number of aromatic amines is 2. The topological polar surface area (TPSA) is 101 Å². The summed E-state index contributed by atoms with van der Waals surface area (Å²) in [5.41, 5.74) is 0.269. The Morgan fingerprint density at radius 2 is 2.10 bits per heavy atom. The largest absolute Gasteiger partial charge is 0.488 e. The van der Waals surface area contributed by atoms with Crippen LogP contribution in [0.3, 0.4) is 0 Å². The molecule has 0 aromatic carbocycles. The van der Waals surface area contributed by atoms with E-state index >= 15 is 0 Å². The van der Waals surface area contributed by atoms with Crippen LogP contribution in [0.15, 0.2) is 21.9 Å². The van der Waals surface area contributed by atoms with Crippen molar-refractivity contribution >= 4 is 0 Å². The average Bonchev–Trinajstić information content (AvgIpc) is 2.36. The van der Waals surface area contributed by atoms with Crippen LogP contribution in [-0.2, 0) is 0 Å². The predicted octanol–water partition coefficient (Wildman–Crippen LogP) is 0.760. The minimum Gasteiger partial charge on any atom is -0.488 e. The minimum atomic E-state index is -0.551. The molecule has 2 aromatic heterocycles. The Labute approximate surface area is 114 Å². The molecular weight excluding hydrogens is 260 g/mol. The van der Waals surface area contributed by atoms with Crippen molar-refractivity contribution in [1.82, 2.24) is 20.2 Å². The van der Waals surface area contributed by atoms with E-state index in [1.54, 1.807) is 6.07 Å². The van der Waals surface area contributed by atoms with Crippen LogP contribution in [0.25, 0.3) is 11.3 Å². The Hall–Kier alpha value is -2.44. The van der Waals surface area contributed by atoms with E-state index in [9.17, 15) is 9.59 Å². The van der Waals surface area contributed by atoms with Crippen LogP contribution in [-0.4, -0.2) is 26.3 Å². The van der Waals surface area contributed by atoms with Gasteiger partial charge in [-0.15, -0.1) is 5.10 Å². The van der Waals surface area contributed by atoms with Crippen molar-refractivity contribution < 1.29 is 4.74 Å². The molecule has 1 aliphatic carbocycles. The maximum Gasteiger partial charge on any atom is 0.325 e. The summed E-state index contributed by atoms with van der Waals surface area (Å²) in [5, 5.41) is 7.99. The monoisotopic (exact) mass is 274 g/mol. The first-order valence-electron chi connectivity index (χ1n) is 6.47. The van der Waals surface area contributed by atoms with Crippen LogP contribution in [0, 0.1) is 6.92 Å². The molecule has 3 rings (SSSR count). The Balaban J connectivity index is 1.99. The molecule has 1 aliphatic rings. The fraction of sp³-hybridized carbons (Fsp3) is 0.385.